The SMILES string of the molecule is COC1(CNC(=O)NC(CC(=O)O)C(=O)O)CCOC1. The van der Waals surface area contributed by atoms with E-state index in [1.54, 1.807) is 0 Å². The van der Waals surface area contributed by atoms with Crippen LogP contribution in [0.1, 0.15) is 12.8 Å². The monoisotopic (exact) mass is 290 g/mol. The third kappa shape index (κ3) is 4.67. The van der Waals surface area contributed by atoms with Gasteiger partial charge in [-0.15, -0.1) is 0 Å². The highest BCUT2D eigenvalue weighted by Crippen LogP contribution is 2.21. The van der Waals surface area contributed by atoms with Crippen molar-refractivity contribution in [3.8, 4) is 0 Å². The molecule has 0 aliphatic carbocycles. The number of aliphatic carboxylic acids is 2. The Bertz CT molecular complexity index is 379. The molecule has 0 aromatic heterocycles. The van der Waals surface area contributed by atoms with Crippen molar-refractivity contribution in [2.45, 2.75) is 24.5 Å². The summed E-state index contributed by atoms with van der Waals surface area (Å²) in [4.78, 5) is 32.9. The molecule has 1 aliphatic rings. The Morgan fingerprint density at radius 1 is 1.40 bits per heavy atom. The molecule has 0 saturated carbocycles. The lowest BCUT2D eigenvalue weighted by Crippen LogP contribution is -2.51. The minimum Gasteiger partial charge on any atom is -0.481 e. The first-order chi connectivity index (χ1) is 9.38. The highest BCUT2D eigenvalue weighted by molar-refractivity contribution is 5.86. The number of carbonyl (C=O) groups excluding carboxylic acids is 1. The molecule has 20 heavy (non-hydrogen) atoms. The van der Waals surface area contributed by atoms with E-state index in [4.69, 9.17) is 19.7 Å². The molecule has 114 valence electrons. The minimum atomic E-state index is -1.48. The van der Waals surface area contributed by atoms with Crippen molar-refractivity contribution in [2.75, 3.05) is 26.9 Å². The molecule has 9 nitrogen and oxygen atoms in total. The predicted molar refractivity (Wildman–Crippen MR) is 65.4 cm³/mol. The summed E-state index contributed by atoms with van der Waals surface area (Å²) in [7, 11) is 1.50. The van der Waals surface area contributed by atoms with Crippen LogP contribution in [0, 0.1) is 0 Å². The summed E-state index contributed by atoms with van der Waals surface area (Å²) in [5.41, 5.74) is -0.622. The molecule has 4 N–H and O–H groups in total. The second-order valence-electron chi connectivity index (χ2n) is 4.51. The standard InChI is InChI=1S/C11H18N2O7/c1-19-11(2-3-20-6-11)5-12-10(18)13-7(9(16)17)4-8(14)15/h7H,2-6H2,1H3,(H,14,15)(H,16,17)(H2,12,13,18). The van der Waals surface area contributed by atoms with Gasteiger partial charge < -0.3 is 30.3 Å². The maximum Gasteiger partial charge on any atom is 0.326 e. The fourth-order valence-corrected chi connectivity index (χ4v) is 1.79. The fourth-order valence-electron chi connectivity index (χ4n) is 1.79. The molecule has 1 fully saturated rings. The predicted octanol–water partition coefficient (Wildman–Crippen LogP) is -0.981. The van der Waals surface area contributed by atoms with Crippen molar-refractivity contribution >= 4 is 18.0 Å². The van der Waals surface area contributed by atoms with Gasteiger partial charge in [0.05, 0.1) is 19.6 Å². The van der Waals surface area contributed by atoms with Crippen LogP contribution in [-0.4, -0.2) is 66.7 Å². The summed E-state index contributed by atoms with van der Waals surface area (Å²) in [5.74, 6) is -2.72. The molecule has 0 radical (unpaired) electrons. The summed E-state index contributed by atoms with van der Waals surface area (Å²) in [6.45, 7) is 1.00. The smallest absolute Gasteiger partial charge is 0.326 e. The number of methoxy groups -OCH3 is 1. The van der Waals surface area contributed by atoms with Gasteiger partial charge in [-0.3, -0.25) is 4.79 Å². The molecule has 0 bridgehead atoms. The molecule has 1 rings (SSSR count). The first-order valence-corrected chi connectivity index (χ1v) is 6.00. The van der Waals surface area contributed by atoms with Crippen LogP contribution in [0.3, 0.4) is 0 Å². The number of hydrogen-bond donors (Lipinski definition) is 4. The molecule has 2 atom stereocenters. The largest absolute Gasteiger partial charge is 0.481 e. The molecule has 0 aromatic carbocycles. The topological polar surface area (TPSA) is 134 Å². The van der Waals surface area contributed by atoms with E-state index in [-0.39, 0.29) is 6.54 Å². The Balaban J connectivity index is 2.45. The van der Waals surface area contributed by atoms with Gasteiger partial charge in [0, 0.05) is 20.1 Å². The van der Waals surface area contributed by atoms with Gasteiger partial charge in [-0.25, -0.2) is 9.59 Å². The van der Waals surface area contributed by atoms with Crippen molar-refractivity contribution in [1.29, 1.82) is 0 Å². The van der Waals surface area contributed by atoms with Crippen molar-refractivity contribution < 1.29 is 34.1 Å². The van der Waals surface area contributed by atoms with Crippen LogP contribution in [0.5, 0.6) is 0 Å². The summed E-state index contributed by atoms with van der Waals surface area (Å²) < 4.78 is 10.5. The quantitative estimate of drug-likeness (QED) is 0.473. The number of carboxylic acid groups (broad SMARTS) is 2. The van der Waals surface area contributed by atoms with Crippen LogP contribution in [-0.2, 0) is 19.1 Å². The molecule has 1 heterocycles. The first kappa shape index (κ1) is 16.2. The summed E-state index contributed by atoms with van der Waals surface area (Å²) >= 11 is 0. The number of carbonyl (C=O) groups is 3. The average Bonchev–Trinajstić information content (AvgIpc) is 2.84. The van der Waals surface area contributed by atoms with Gasteiger partial charge in [0.2, 0.25) is 0 Å². The molecular formula is C11H18N2O7. The highest BCUT2D eigenvalue weighted by atomic mass is 16.5. The van der Waals surface area contributed by atoms with E-state index < -0.39 is 36.0 Å². The van der Waals surface area contributed by atoms with Crippen LogP contribution < -0.4 is 10.6 Å². The van der Waals surface area contributed by atoms with E-state index in [1.165, 1.54) is 7.11 Å². The lowest BCUT2D eigenvalue weighted by atomic mass is 10.0. The van der Waals surface area contributed by atoms with Gasteiger partial charge in [-0.2, -0.15) is 0 Å². The maximum atomic E-state index is 11.6. The number of amides is 2. The number of carboxylic acids is 2. The third-order valence-electron chi connectivity index (χ3n) is 3.05. The second-order valence-corrected chi connectivity index (χ2v) is 4.51. The van der Waals surface area contributed by atoms with Gasteiger partial charge >= 0.3 is 18.0 Å². The fraction of sp³-hybridized carbons (Fsp3) is 0.727. The number of urea groups is 1. The lowest BCUT2D eigenvalue weighted by molar-refractivity contribution is -0.145. The van der Waals surface area contributed by atoms with Crippen LogP contribution in [0.2, 0.25) is 0 Å². The van der Waals surface area contributed by atoms with Gasteiger partial charge in [0.25, 0.3) is 0 Å². The molecule has 2 amide bonds. The van der Waals surface area contributed by atoms with E-state index in [9.17, 15) is 14.4 Å². The molecule has 2 unspecified atom stereocenters. The number of rotatable bonds is 7. The van der Waals surface area contributed by atoms with Crippen molar-refractivity contribution in [3.63, 3.8) is 0 Å². The van der Waals surface area contributed by atoms with Crippen LogP contribution >= 0.6 is 0 Å². The number of nitrogens with one attached hydrogen (secondary N) is 2. The molecule has 1 aliphatic heterocycles. The Hall–Kier alpha value is -1.87. The van der Waals surface area contributed by atoms with E-state index in [0.717, 1.165) is 0 Å². The highest BCUT2D eigenvalue weighted by Gasteiger charge is 2.35. The Morgan fingerprint density at radius 2 is 2.10 bits per heavy atom. The van der Waals surface area contributed by atoms with Gasteiger partial charge in [0.1, 0.15) is 11.6 Å². The minimum absolute atomic E-state index is 0.148. The number of ether oxygens (including phenoxy) is 2. The van der Waals surface area contributed by atoms with E-state index in [0.29, 0.717) is 19.6 Å². The zero-order valence-electron chi connectivity index (χ0n) is 11.0. The molecular weight excluding hydrogens is 272 g/mol. The Kier molecular flexibility index (Phi) is 5.71. The Labute approximate surface area is 115 Å². The van der Waals surface area contributed by atoms with E-state index in [1.807, 2.05) is 0 Å². The van der Waals surface area contributed by atoms with Crippen molar-refractivity contribution in [1.82, 2.24) is 10.6 Å². The molecule has 1 saturated heterocycles. The molecule has 0 aromatic rings. The van der Waals surface area contributed by atoms with E-state index in [2.05, 4.69) is 10.6 Å². The average molecular weight is 290 g/mol. The summed E-state index contributed by atoms with van der Waals surface area (Å²) in [5, 5.41) is 21.9. The lowest BCUT2D eigenvalue weighted by Gasteiger charge is -2.26. The normalized spacial score (nSPS) is 23.1. The summed E-state index contributed by atoms with van der Waals surface area (Å²) in [6.07, 6.45) is -0.0808. The van der Waals surface area contributed by atoms with Crippen molar-refractivity contribution in [3.05, 3.63) is 0 Å². The van der Waals surface area contributed by atoms with Gasteiger partial charge in [-0.05, 0) is 0 Å². The third-order valence-corrected chi connectivity index (χ3v) is 3.05. The van der Waals surface area contributed by atoms with Crippen LogP contribution in [0.15, 0.2) is 0 Å². The van der Waals surface area contributed by atoms with E-state index >= 15 is 0 Å². The van der Waals surface area contributed by atoms with Crippen LogP contribution in [0.4, 0.5) is 4.79 Å². The Morgan fingerprint density at radius 3 is 2.55 bits per heavy atom. The second kappa shape index (κ2) is 7.06. The van der Waals surface area contributed by atoms with Gasteiger partial charge in [0.15, 0.2) is 0 Å². The van der Waals surface area contributed by atoms with Crippen LogP contribution in [0.25, 0.3) is 0 Å². The van der Waals surface area contributed by atoms with Gasteiger partial charge in [-0.1, -0.05) is 0 Å². The maximum absolute atomic E-state index is 11.6. The summed E-state index contributed by atoms with van der Waals surface area (Å²) in [6, 6.07) is -2.24. The number of hydrogen-bond acceptors (Lipinski definition) is 5. The molecule has 9 heteroatoms. The van der Waals surface area contributed by atoms with Crippen molar-refractivity contribution in [2.24, 2.45) is 0 Å². The zero-order chi connectivity index (χ0) is 15.2. The first-order valence-electron chi connectivity index (χ1n) is 6.00. The molecule has 0 spiro atoms. The zero-order valence-corrected chi connectivity index (χ0v) is 11.0.